The van der Waals surface area contributed by atoms with E-state index in [4.69, 9.17) is 10.8 Å². The highest BCUT2D eigenvalue weighted by atomic mass is 16.3. The van der Waals surface area contributed by atoms with Gasteiger partial charge in [0.05, 0.1) is 18.2 Å². The molecule has 0 aliphatic carbocycles. The first-order chi connectivity index (χ1) is 13.5. The molecule has 4 atom stereocenters. The van der Waals surface area contributed by atoms with Crippen molar-refractivity contribution >= 4 is 5.78 Å². The second kappa shape index (κ2) is 18.5. The lowest BCUT2D eigenvalue weighted by Gasteiger charge is -2.26. The van der Waals surface area contributed by atoms with Gasteiger partial charge in [0.1, 0.15) is 6.10 Å². The van der Waals surface area contributed by atoms with E-state index < -0.39 is 30.1 Å². The zero-order valence-corrected chi connectivity index (χ0v) is 17.9. The minimum Gasteiger partial charge on any atom is -0.396 e. The average Bonchev–Trinajstić information content (AvgIpc) is 2.70. The Bertz CT molecular complexity index is 367. The van der Waals surface area contributed by atoms with E-state index in [-0.39, 0.29) is 19.4 Å². The molecule has 0 aromatic heterocycles. The van der Waals surface area contributed by atoms with Gasteiger partial charge in [0, 0.05) is 13.0 Å². The topological polar surface area (TPSA) is 124 Å². The first-order valence-electron chi connectivity index (χ1n) is 11.4. The summed E-state index contributed by atoms with van der Waals surface area (Å²) < 4.78 is 0. The molecule has 0 aliphatic heterocycles. The van der Waals surface area contributed by atoms with E-state index >= 15 is 0 Å². The number of carbonyl (C=O) groups is 1. The number of hydrogen-bond acceptors (Lipinski definition) is 6. The molecule has 0 spiro atoms. The fourth-order valence-electron chi connectivity index (χ4n) is 3.42. The predicted molar refractivity (Wildman–Crippen MR) is 113 cm³/mol. The van der Waals surface area contributed by atoms with Gasteiger partial charge in [-0.1, -0.05) is 84.0 Å². The minimum absolute atomic E-state index is 0.00687. The molecule has 0 aliphatic rings. The Kier molecular flexibility index (Phi) is 18.1. The van der Waals surface area contributed by atoms with Crippen molar-refractivity contribution in [2.24, 2.45) is 5.73 Å². The fourth-order valence-corrected chi connectivity index (χ4v) is 3.42. The molecule has 0 saturated carbocycles. The predicted octanol–water partition coefficient (Wildman–Crippen LogP) is 2.83. The van der Waals surface area contributed by atoms with Crippen molar-refractivity contribution in [3.05, 3.63) is 0 Å². The molecule has 0 saturated heterocycles. The molecule has 6 heteroatoms. The summed E-state index contributed by atoms with van der Waals surface area (Å²) in [6, 6.07) is -1.21. The molecule has 0 amide bonds. The number of hydrogen-bond donors (Lipinski definition) is 5. The molecule has 1 unspecified atom stereocenters. The summed E-state index contributed by atoms with van der Waals surface area (Å²) in [4.78, 5) is 11.7. The SMILES string of the molecule is CCCCCCCCCCCCCC[C@@H](O)[C@@H](O)[C@@H](N)C(O)C(=O)CCCO. The molecule has 0 aromatic rings. The number of carbonyl (C=O) groups excluding carboxylic acids is 1. The maximum atomic E-state index is 11.7. The van der Waals surface area contributed by atoms with Crippen molar-refractivity contribution in [3.63, 3.8) is 0 Å². The lowest BCUT2D eigenvalue weighted by Crippen LogP contribution is -2.53. The second-order valence-corrected chi connectivity index (χ2v) is 8.05. The normalized spacial score (nSPS) is 15.9. The number of rotatable bonds is 20. The number of ketones is 1. The van der Waals surface area contributed by atoms with Gasteiger partial charge in [-0.15, -0.1) is 0 Å². The van der Waals surface area contributed by atoms with E-state index in [1.165, 1.54) is 57.8 Å². The van der Waals surface area contributed by atoms with Crippen LogP contribution in [-0.2, 0) is 4.79 Å². The number of aliphatic hydroxyl groups excluding tert-OH is 4. The lowest BCUT2D eigenvalue weighted by atomic mass is 9.93. The van der Waals surface area contributed by atoms with E-state index in [2.05, 4.69) is 6.92 Å². The van der Waals surface area contributed by atoms with Crippen LogP contribution in [0, 0.1) is 0 Å². The molecule has 0 radical (unpaired) electrons. The Morgan fingerprint density at radius 1 is 0.786 bits per heavy atom. The zero-order chi connectivity index (χ0) is 21.2. The fraction of sp³-hybridized carbons (Fsp3) is 0.955. The lowest BCUT2D eigenvalue weighted by molar-refractivity contribution is -0.131. The van der Waals surface area contributed by atoms with Crippen LogP contribution >= 0.6 is 0 Å². The van der Waals surface area contributed by atoms with Crippen LogP contribution in [0.15, 0.2) is 0 Å². The summed E-state index contributed by atoms with van der Waals surface area (Å²) in [6.07, 6.45) is 11.5. The van der Waals surface area contributed by atoms with Gasteiger partial charge in [-0.05, 0) is 12.8 Å². The quantitative estimate of drug-likeness (QED) is 0.199. The van der Waals surface area contributed by atoms with Crippen molar-refractivity contribution < 1.29 is 25.2 Å². The Hall–Kier alpha value is -0.530. The summed E-state index contributed by atoms with van der Waals surface area (Å²) in [6.45, 7) is 2.09. The van der Waals surface area contributed by atoms with E-state index in [0.29, 0.717) is 6.42 Å². The number of unbranched alkanes of at least 4 members (excludes halogenated alkanes) is 11. The van der Waals surface area contributed by atoms with Gasteiger partial charge in [-0.3, -0.25) is 4.79 Å². The molecule has 0 rings (SSSR count). The van der Waals surface area contributed by atoms with Crippen molar-refractivity contribution in [1.82, 2.24) is 0 Å². The smallest absolute Gasteiger partial charge is 0.163 e. The first kappa shape index (κ1) is 27.5. The third-order valence-electron chi connectivity index (χ3n) is 5.42. The van der Waals surface area contributed by atoms with Gasteiger partial charge < -0.3 is 26.2 Å². The third-order valence-corrected chi connectivity index (χ3v) is 5.42. The highest BCUT2D eigenvalue weighted by Crippen LogP contribution is 2.15. The van der Waals surface area contributed by atoms with Crippen molar-refractivity contribution in [2.75, 3.05) is 6.61 Å². The molecule has 6 nitrogen and oxygen atoms in total. The molecule has 0 bridgehead atoms. The highest BCUT2D eigenvalue weighted by Gasteiger charge is 2.32. The first-order valence-corrected chi connectivity index (χ1v) is 11.4. The standard InChI is InChI=1S/C22H45NO5/c1-2-3-4-5-6-7-8-9-10-11-12-13-15-18(25)21(27)20(23)22(28)19(26)16-14-17-24/h18,20-22,24-25,27-28H,2-17,23H2,1H3/t18-,20-,21-,22?/m1/s1. The summed E-state index contributed by atoms with van der Waals surface area (Å²) in [7, 11) is 0. The monoisotopic (exact) mass is 403 g/mol. The summed E-state index contributed by atoms with van der Waals surface area (Å²) in [5, 5.41) is 38.7. The second-order valence-electron chi connectivity index (χ2n) is 8.05. The largest absolute Gasteiger partial charge is 0.396 e. The Labute approximate surface area is 171 Å². The molecule has 0 heterocycles. The van der Waals surface area contributed by atoms with E-state index in [9.17, 15) is 20.1 Å². The van der Waals surface area contributed by atoms with Crippen LogP contribution in [0.4, 0.5) is 0 Å². The molecule has 6 N–H and O–H groups in total. The van der Waals surface area contributed by atoms with Crippen LogP contribution in [0.5, 0.6) is 0 Å². The molecular weight excluding hydrogens is 358 g/mol. The maximum Gasteiger partial charge on any atom is 0.163 e. The summed E-state index contributed by atoms with van der Waals surface area (Å²) in [5.74, 6) is -0.516. The zero-order valence-electron chi connectivity index (χ0n) is 17.9. The minimum atomic E-state index is -1.52. The van der Waals surface area contributed by atoms with Gasteiger partial charge in [0.15, 0.2) is 5.78 Å². The van der Waals surface area contributed by atoms with E-state index in [0.717, 1.165) is 19.3 Å². The van der Waals surface area contributed by atoms with Gasteiger partial charge in [0.25, 0.3) is 0 Å². The summed E-state index contributed by atoms with van der Waals surface area (Å²) >= 11 is 0. The van der Waals surface area contributed by atoms with Crippen LogP contribution in [0.3, 0.4) is 0 Å². The number of Topliss-reactive ketones (excluding diaryl/α,β-unsaturated/α-hetero) is 1. The average molecular weight is 404 g/mol. The number of aliphatic hydroxyl groups is 4. The Balaban J connectivity index is 3.71. The van der Waals surface area contributed by atoms with Crippen molar-refractivity contribution in [2.45, 2.75) is 128 Å². The summed E-state index contributed by atoms with van der Waals surface area (Å²) in [5.41, 5.74) is 5.73. The molecular formula is C22H45NO5. The van der Waals surface area contributed by atoms with Gasteiger partial charge >= 0.3 is 0 Å². The molecule has 0 fully saturated rings. The maximum absolute atomic E-state index is 11.7. The van der Waals surface area contributed by atoms with Crippen LogP contribution in [0.25, 0.3) is 0 Å². The molecule has 28 heavy (non-hydrogen) atoms. The van der Waals surface area contributed by atoms with Gasteiger partial charge in [-0.25, -0.2) is 0 Å². The van der Waals surface area contributed by atoms with Crippen LogP contribution in [0.1, 0.15) is 103 Å². The van der Waals surface area contributed by atoms with Gasteiger partial charge in [0.2, 0.25) is 0 Å². The number of nitrogens with two attached hydrogens (primary N) is 1. The van der Waals surface area contributed by atoms with E-state index in [1.54, 1.807) is 0 Å². The van der Waals surface area contributed by atoms with Crippen LogP contribution in [0.2, 0.25) is 0 Å². The van der Waals surface area contributed by atoms with Crippen LogP contribution < -0.4 is 5.73 Å². The Morgan fingerprint density at radius 3 is 1.71 bits per heavy atom. The molecule has 168 valence electrons. The van der Waals surface area contributed by atoms with Crippen molar-refractivity contribution in [1.29, 1.82) is 0 Å². The Morgan fingerprint density at radius 2 is 1.25 bits per heavy atom. The third kappa shape index (κ3) is 13.6. The van der Waals surface area contributed by atoms with Crippen LogP contribution in [-0.4, -0.2) is 57.2 Å². The van der Waals surface area contributed by atoms with E-state index in [1.807, 2.05) is 0 Å². The molecule has 0 aromatic carbocycles. The van der Waals surface area contributed by atoms with Crippen molar-refractivity contribution in [3.8, 4) is 0 Å². The van der Waals surface area contributed by atoms with Gasteiger partial charge in [-0.2, -0.15) is 0 Å². The highest BCUT2D eigenvalue weighted by molar-refractivity contribution is 5.83.